The van der Waals surface area contributed by atoms with Crippen LogP contribution in [0.25, 0.3) is 0 Å². The molecule has 6 aliphatic rings. The molecule has 0 radical (unpaired) electrons. The van der Waals surface area contributed by atoms with Crippen LogP contribution in [-0.4, -0.2) is 36.5 Å². The summed E-state index contributed by atoms with van der Waals surface area (Å²) in [4.78, 5) is 15.2. The zero-order valence-corrected chi connectivity index (χ0v) is 15.0. The smallest absolute Gasteiger partial charge is 0.223 e. The first-order valence-corrected chi connectivity index (χ1v) is 9.70. The number of nitrogens with zero attached hydrogens (tertiary/aromatic N) is 1. The molecule has 3 nitrogen and oxygen atoms in total. The molecule has 23 heavy (non-hydrogen) atoms. The van der Waals surface area contributed by atoms with Crippen molar-refractivity contribution in [2.45, 2.75) is 63.8 Å². The van der Waals surface area contributed by atoms with Crippen molar-refractivity contribution in [3.8, 4) is 0 Å². The third-order valence-electron chi connectivity index (χ3n) is 7.70. The molecule has 130 valence electrons. The molecule has 2 unspecified atom stereocenters. The minimum atomic E-state index is 0. The summed E-state index contributed by atoms with van der Waals surface area (Å²) in [5.74, 6) is 4.11. The highest BCUT2D eigenvalue weighted by Crippen LogP contribution is 2.61. The SMILES string of the molecule is Cl.O=C(CC12CC3CC(CC(C3)C1)C2)N1CCC2NCCC2C1. The van der Waals surface area contributed by atoms with E-state index in [9.17, 15) is 4.79 Å². The Hall–Kier alpha value is -0.280. The quantitative estimate of drug-likeness (QED) is 0.838. The van der Waals surface area contributed by atoms with Crippen molar-refractivity contribution in [1.82, 2.24) is 10.2 Å². The molecule has 2 atom stereocenters. The van der Waals surface area contributed by atoms with E-state index in [4.69, 9.17) is 0 Å². The van der Waals surface area contributed by atoms with Crippen LogP contribution in [0, 0.1) is 29.1 Å². The summed E-state index contributed by atoms with van der Waals surface area (Å²) < 4.78 is 0. The molecule has 1 N–H and O–H groups in total. The largest absolute Gasteiger partial charge is 0.342 e. The maximum absolute atomic E-state index is 13.0. The van der Waals surface area contributed by atoms with Gasteiger partial charge < -0.3 is 10.2 Å². The number of piperidine rings is 1. The predicted molar refractivity (Wildman–Crippen MR) is 93.6 cm³/mol. The summed E-state index contributed by atoms with van der Waals surface area (Å²) in [7, 11) is 0. The second kappa shape index (κ2) is 5.91. The summed E-state index contributed by atoms with van der Waals surface area (Å²) in [5, 5.41) is 3.61. The van der Waals surface area contributed by atoms with Gasteiger partial charge in [-0.1, -0.05) is 0 Å². The first kappa shape index (κ1) is 16.2. The van der Waals surface area contributed by atoms with Gasteiger partial charge in [0.25, 0.3) is 0 Å². The van der Waals surface area contributed by atoms with E-state index in [0.717, 1.165) is 49.7 Å². The molecule has 4 bridgehead atoms. The lowest BCUT2D eigenvalue weighted by Gasteiger charge is -2.57. The van der Waals surface area contributed by atoms with E-state index in [2.05, 4.69) is 10.2 Å². The molecule has 4 aliphatic carbocycles. The van der Waals surface area contributed by atoms with Crippen LogP contribution in [0.2, 0.25) is 0 Å². The average molecular weight is 339 g/mol. The molecule has 6 rings (SSSR count). The summed E-state index contributed by atoms with van der Waals surface area (Å²) in [6, 6.07) is 0.698. The molecule has 4 heteroatoms. The van der Waals surface area contributed by atoms with Crippen LogP contribution in [0.3, 0.4) is 0 Å². The van der Waals surface area contributed by atoms with Crippen LogP contribution in [0.4, 0.5) is 0 Å². The van der Waals surface area contributed by atoms with Crippen LogP contribution < -0.4 is 5.32 Å². The topological polar surface area (TPSA) is 32.3 Å². The Morgan fingerprint density at radius 3 is 2.35 bits per heavy atom. The fourth-order valence-electron chi connectivity index (χ4n) is 7.21. The number of halogens is 1. The number of fused-ring (bicyclic) bond motifs is 1. The summed E-state index contributed by atoms with van der Waals surface area (Å²) >= 11 is 0. The van der Waals surface area contributed by atoms with Crippen molar-refractivity contribution in [3.63, 3.8) is 0 Å². The van der Waals surface area contributed by atoms with E-state index in [0.29, 0.717) is 17.4 Å². The van der Waals surface area contributed by atoms with Gasteiger partial charge >= 0.3 is 0 Å². The van der Waals surface area contributed by atoms with Crippen LogP contribution in [0.1, 0.15) is 57.8 Å². The fraction of sp³-hybridized carbons (Fsp3) is 0.947. The Bertz CT molecular complexity index is 445. The highest BCUT2D eigenvalue weighted by Gasteiger charge is 2.52. The zero-order chi connectivity index (χ0) is 14.7. The lowest BCUT2D eigenvalue weighted by molar-refractivity contribution is -0.141. The van der Waals surface area contributed by atoms with E-state index in [1.807, 2.05) is 0 Å². The number of carbonyl (C=O) groups excluding carboxylic acids is 1. The number of amides is 1. The lowest BCUT2D eigenvalue weighted by Crippen LogP contribution is -2.51. The van der Waals surface area contributed by atoms with E-state index in [1.165, 1.54) is 51.4 Å². The first-order valence-electron chi connectivity index (χ1n) is 9.70. The number of likely N-dealkylation sites (tertiary alicyclic amines) is 1. The van der Waals surface area contributed by atoms with Crippen molar-refractivity contribution in [1.29, 1.82) is 0 Å². The molecule has 6 fully saturated rings. The molecule has 0 aromatic carbocycles. The maximum atomic E-state index is 13.0. The van der Waals surface area contributed by atoms with Crippen LogP contribution in [0.5, 0.6) is 0 Å². The van der Waals surface area contributed by atoms with Crippen LogP contribution in [-0.2, 0) is 4.79 Å². The molecule has 4 saturated carbocycles. The standard InChI is InChI=1S/C19H30N2O.ClH/c22-18(21-4-2-17-16(12-21)1-3-20-17)11-19-8-13-5-14(9-19)7-15(6-13)10-19;/h13-17,20H,1-12H2;1H. The third-order valence-corrected chi connectivity index (χ3v) is 7.70. The number of carbonyl (C=O) groups is 1. The van der Waals surface area contributed by atoms with Crippen molar-refractivity contribution in [3.05, 3.63) is 0 Å². The zero-order valence-electron chi connectivity index (χ0n) is 14.1. The molecular weight excluding hydrogens is 308 g/mol. The Labute approximate surface area is 146 Å². The van der Waals surface area contributed by atoms with Crippen LogP contribution >= 0.6 is 12.4 Å². The van der Waals surface area contributed by atoms with E-state index in [-0.39, 0.29) is 12.4 Å². The molecular formula is C19H31ClN2O. The lowest BCUT2D eigenvalue weighted by atomic mass is 9.49. The normalized spacial score (nSPS) is 47.3. The van der Waals surface area contributed by atoms with Gasteiger partial charge in [-0.15, -0.1) is 12.4 Å². The van der Waals surface area contributed by atoms with Gasteiger partial charge in [0.15, 0.2) is 0 Å². The molecule has 1 amide bonds. The highest BCUT2D eigenvalue weighted by atomic mass is 35.5. The third kappa shape index (κ3) is 2.82. The van der Waals surface area contributed by atoms with Crippen LogP contribution in [0.15, 0.2) is 0 Å². The second-order valence-electron chi connectivity index (χ2n) is 9.33. The Balaban J connectivity index is 0.00000135. The van der Waals surface area contributed by atoms with E-state index >= 15 is 0 Å². The van der Waals surface area contributed by atoms with Gasteiger partial charge in [-0.05, 0) is 87.0 Å². The van der Waals surface area contributed by atoms with Crippen molar-refractivity contribution < 1.29 is 4.79 Å². The number of rotatable bonds is 2. The van der Waals surface area contributed by atoms with Gasteiger partial charge in [0.2, 0.25) is 5.91 Å². The average Bonchev–Trinajstić information content (AvgIpc) is 2.92. The molecule has 2 heterocycles. The van der Waals surface area contributed by atoms with Crippen molar-refractivity contribution in [2.24, 2.45) is 29.1 Å². The monoisotopic (exact) mass is 338 g/mol. The van der Waals surface area contributed by atoms with E-state index in [1.54, 1.807) is 0 Å². The Morgan fingerprint density at radius 2 is 1.70 bits per heavy atom. The number of hydrogen-bond acceptors (Lipinski definition) is 2. The van der Waals surface area contributed by atoms with Gasteiger partial charge in [-0.3, -0.25) is 4.79 Å². The minimum absolute atomic E-state index is 0. The highest BCUT2D eigenvalue weighted by molar-refractivity contribution is 5.85. The molecule has 0 aromatic rings. The van der Waals surface area contributed by atoms with Crippen molar-refractivity contribution in [2.75, 3.05) is 19.6 Å². The van der Waals surface area contributed by atoms with Gasteiger partial charge in [0.05, 0.1) is 0 Å². The fourth-order valence-corrected chi connectivity index (χ4v) is 7.21. The van der Waals surface area contributed by atoms with E-state index < -0.39 is 0 Å². The van der Waals surface area contributed by atoms with Crippen molar-refractivity contribution >= 4 is 18.3 Å². The van der Waals surface area contributed by atoms with Gasteiger partial charge in [-0.25, -0.2) is 0 Å². The van der Waals surface area contributed by atoms with Gasteiger partial charge in [0.1, 0.15) is 0 Å². The molecule has 2 saturated heterocycles. The first-order chi connectivity index (χ1) is 10.7. The Morgan fingerprint density at radius 1 is 1.04 bits per heavy atom. The van der Waals surface area contributed by atoms with Gasteiger partial charge in [-0.2, -0.15) is 0 Å². The molecule has 0 aromatic heterocycles. The van der Waals surface area contributed by atoms with Gasteiger partial charge in [0, 0.05) is 25.6 Å². The minimum Gasteiger partial charge on any atom is -0.342 e. The summed E-state index contributed by atoms with van der Waals surface area (Å²) in [5.41, 5.74) is 0.413. The maximum Gasteiger partial charge on any atom is 0.223 e. The predicted octanol–water partition coefficient (Wildman–Crippen LogP) is 3.23. The summed E-state index contributed by atoms with van der Waals surface area (Å²) in [6.45, 7) is 3.19. The molecule has 2 aliphatic heterocycles. The second-order valence-corrected chi connectivity index (χ2v) is 9.33. The molecule has 0 spiro atoms. The summed E-state index contributed by atoms with van der Waals surface area (Å²) in [6.07, 6.45) is 11.9. The Kier molecular flexibility index (Phi) is 4.16. The number of nitrogens with one attached hydrogen (secondary N) is 1. The number of hydrogen-bond donors (Lipinski definition) is 1.